The number of pyridine rings is 1. The molecule has 2 heterocycles. The molecule has 0 amide bonds. The molecule has 0 unspecified atom stereocenters. The van der Waals surface area contributed by atoms with Gasteiger partial charge in [0.25, 0.3) is 0 Å². The number of nitrogens with zero attached hydrogens (tertiary/aromatic N) is 3. The molecule has 0 fully saturated rings. The maximum Gasteiger partial charge on any atom is 0.194 e. The van der Waals surface area contributed by atoms with Gasteiger partial charge in [0, 0.05) is 24.1 Å². The third-order valence-electron chi connectivity index (χ3n) is 2.71. The average molecular weight is 288 g/mol. The lowest BCUT2D eigenvalue weighted by Gasteiger charge is -2.05. The van der Waals surface area contributed by atoms with Gasteiger partial charge in [-0.05, 0) is 56.3 Å². The predicted molar refractivity (Wildman–Crippen MR) is 81.9 cm³/mol. The Labute approximate surface area is 124 Å². The zero-order valence-corrected chi connectivity index (χ0v) is 13.0. The molecule has 0 radical (unpaired) electrons. The van der Waals surface area contributed by atoms with Crippen LogP contribution in [0.15, 0.2) is 34.6 Å². The molecule has 0 saturated heterocycles. The van der Waals surface area contributed by atoms with Gasteiger partial charge in [-0.3, -0.25) is 0 Å². The van der Waals surface area contributed by atoms with Crippen molar-refractivity contribution in [3.05, 3.63) is 41.3 Å². The molecule has 20 heavy (non-hydrogen) atoms. The van der Waals surface area contributed by atoms with Crippen molar-refractivity contribution < 1.29 is 0 Å². The van der Waals surface area contributed by atoms with E-state index in [4.69, 9.17) is 0 Å². The Hall–Kier alpha value is -1.46. The Morgan fingerprint density at radius 1 is 1.15 bits per heavy atom. The van der Waals surface area contributed by atoms with E-state index in [9.17, 15) is 0 Å². The van der Waals surface area contributed by atoms with E-state index in [2.05, 4.69) is 33.3 Å². The molecule has 0 spiro atoms. The largest absolute Gasteiger partial charge is 0.313 e. The molecule has 0 aliphatic rings. The summed E-state index contributed by atoms with van der Waals surface area (Å²) in [5, 5.41) is 5.05. The number of aryl methyl sites for hydroxylation is 2. The lowest BCUT2D eigenvalue weighted by molar-refractivity contribution is 0.673. The second-order valence-electron chi connectivity index (χ2n) is 4.72. The summed E-state index contributed by atoms with van der Waals surface area (Å²) in [5.74, 6) is 0. The van der Waals surface area contributed by atoms with Crippen molar-refractivity contribution in [2.45, 2.75) is 43.9 Å². The number of hydrogen-bond acceptors (Lipinski definition) is 5. The number of aromatic nitrogens is 3. The molecule has 1 N–H and O–H groups in total. The zero-order valence-electron chi connectivity index (χ0n) is 12.2. The highest BCUT2D eigenvalue weighted by molar-refractivity contribution is 7.99. The van der Waals surface area contributed by atoms with Crippen molar-refractivity contribution >= 4 is 11.8 Å². The average Bonchev–Trinajstić information content (AvgIpc) is 2.40. The first-order valence-corrected chi connectivity index (χ1v) is 7.65. The molecule has 0 aliphatic heterocycles. The summed E-state index contributed by atoms with van der Waals surface area (Å²) in [6.45, 7) is 8.02. The van der Waals surface area contributed by atoms with Crippen molar-refractivity contribution in [2.75, 3.05) is 6.54 Å². The van der Waals surface area contributed by atoms with Crippen LogP contribution < -0.4 is 5.32 Å². The maximum absolute atomic E-state index is 4.46. The lowest BCUT2D eigenvalue weighted by Crippen LogP contribution is -2.13. The summed E-state index contributed by atoms with van der Waals surface area (Å²) >= 11 is 1.50. The summed E-state index contributed by atoms with van der Waals surface area (Å²) in [7, 11) is 0. The van der Waals surface area contributed by atoms with E-state index >= 15 is 0 Å². The van der Waals surface area contributed by atoms with Crippen LogP contribution in [0.5, 0.6) is 0 Å². The highest BCUT2D eigenvalue weighted by Crippen LogP contribution is 2.22. The molecule has 0 aliphatic carbocycles. The first-order valence-electron chi connectivity index (χ1n) is 6.83. The van der Waals surface area contributed by atoms with E-state index in [0.29, 0.717) is 0 Å². The van der Waals surface area contributed by atoms with Crippen LogP contribution in [0, 0.1) is 13.8 Å². The Kier molecular flexibility index (Phi) is 5.49. The van der Waals surface area contributed by atoms with Crippen molar-refractivity contribution in [2.24, 2.45) is 0 Å². The quantitative estimate of drug-likeness (QED) is 0.653. The van der Waals surface area contributed by atoms with E-state index in [1.807, 2.05) is 32.2 Å². The van der Waals surface area contributed by atoms with Crippen molar-refractivity contribution in [1.82, 2.24) is 20.3 Å². The first kappa shape index (κ1) is 14.9. The molecule has 4 nitrogen and oxygen atoms in total. The van der Waals surface area contributed by atoms with Crippen molar-refractivity contribution in [3.8, 4) is 0 Å². The third kappa shape index (κ3) is 4.58. The van der Waals surface area contributed by atoms with E-state index in [1.165, 1.54) is 17.3 Å². The molecule has 0 aromatic carbocycles. The topological polar surface area (TPSA) is 50.7 Å². The van der Waals surface area contributed by atoms with E-state index in [-0.39, 0.29) is 0 Å². The predicted octanol–water partition coefficient (Wildman–Crippen LogP) is 3.14. The third-order valence-corrected chi connectivity index (χ3v) is 3.53. The van der Waals surface area contributed by atoms with Gasteiger partial charge in [-0.15, -0.1) is 0 Å². The number of nitrogens with one attached hydrogen (secondary N) is 1. The minimum atomic E-state index is 0.756. The molecule has 2 aromatic heterocycles. The van der Waals surface area contributed by atoms with Gasteiger partial charge in [-0.1, -0.05) is 13.0 Å². The Morgan fingerprint density at radius 3 is 2.50 bits per heavy atom. The summed E-state index contributed by atoms with van der Waals surface area (Å²) < 4.78 is 0. The van der Waals surface area contributed by atoms with Gasteiger partial charge in [-0.25, -0.2) is 15.0 Å². The molecular weight excluding hydrogens is 268 g/mol. The molecular formula is C15H20N4S. The Bertz CT molecular complexity index is 534. The normalized spacial score (nSPS) is 10.8. The summed E-state index contributed by atoms with van der Waals surface area (Å²) in [5.41, 5.74) is 3.17. The lowest BCUT2D eigenvalue weighted by atomic mass is 10.3. The smallest absolute Gasteiger partial charge is 0.194 e. The number of rotatable bonds is 6. The Balaban J connectivity index is 1.99. The fraction of sp³-hybridized carbons (Fsp3) is 0.400. The van der Waals surface area contributed by atoms with Gasteiger partial charge in [0.15, 0.2) is 5.16 Å². The monoisotopic (exact) mass is 288 g/mol. The van der Waals surface area contributed by atoms with Gasteiger partial charge in [0.1, 0.15) is 5.03 Å². The van der Waals surface area contributed by atoms with Gasteiger partial charge >= 0.3 is 0 Å². The van der Waals surface area contributed by atoms with Crippen LogP contribution in [-0.2, 0) is 6.54 Å². The standard InChI is InChI=1S/C15H20N4S/c1-4-7-16-9-13-5-6-14(17-10-13)20-15-18-11(2)8-12(3)19-15/h5-6,8,10,16H,4,7,9H2,1-3H3. The summed E-state index contributed by atoms with van der Waals surface area (Å²) in [6.07, 6.45) is 3.05. The molecule has 0 saturated carbocycles. The van der Waals surface area contributed by atoms with Crippen LogP contribution in [0.2, 0.25) is 0 Å². The first-order chi connectivity index (χ1) is 9.67. The van der Waals surface area contributed by atoms with Gasteiger partial charge < -0.3 is 5.32 Å². The van der Waals surface area contributed by atoms with Crippen LogP contribution in [0.3, 0.4) is 0 Å². The van der Waals surface area contributed by atoms with Gasteiger partial charge in [-0.2, -0.15) is 0 Å². The zero-order chi connectivity index (χ0) is 14.4. The van der Waals surface area contributed by atoms with E-state index in [1.54, 1.807) is 0 Å². The molecule has 0 bridgehead atoms. The highest BCUT2D eigenvalue weighted by Gasteiger charge is 2.04. The van der Waals surface area contributed by atoms with Crippen LogP contribution in [0.25, 0.3) is 0 Å². The number of hydrogen-bond donors (Lipinski definition) is 1. The van der Waals surface area contributed by atoms with Crippen LogP contribution in [-0.4, -0.2) is 21.5 Å². The minimum Gasteiger partial charge on any atom is -0.313 e. The molecule has 0 atom stereocenters. The maximum atomic E-state index is 4.46. The fourth-order valence-corrected chi connectivity index (χ4v) is 2.63. The SMILES string of the molecule is CCCNCc1ccc(Sc2nc(C)cc(C)n2)nc1. The van der Waals surface area contributed by atoms with E-state index < -0.39 is 0 Å². The van der Waals surface area contributed by atoms with Crippen LogP contribution >= 0.6 is 11.8 Å². The second-order valence-corrected chi connectivity index (χ2v) is 5.70. The molecule has 5 heteroatoms. The van der Waals surface area contributed by atoms with Crippen LogP contribution in [0.1, 0.15) is 30.3 Å². The van der Waals surface area contributed by atoms with E-state index in [0.717, 1.165) is 41.1 Å². The van der Waals surface area contributed by atoms with Crippen molar-refractivity contribution in [1.29, 1.82) is 0 Å². The van der Waals surface area contributed by atoms with Gasteiger partial charge in [0.05, 0.1) is 0 Å². The highest BCUT2D eigenvalue weighted by atomic mass is 32.2. The second kappa shape index (κ2) is 7.36. The Morgan fingerprint density at radius 2 is 1.90 bits per heavy atom. The summed E-state index contributed by atoms with van der Waals surface area (Å²) in [6, 6.07) is 6.09. The van der Waals surface area contributed by atoms with Gasteiger partial charge in [0.2, 0.25) is 0 Å². The fourth-order valence-electron chi connectivity index (χ4n) is 1.82. The molecule has 106 valence electrons. The molecule has 2 rings (SSSR count). The molecule has 2 aromatic rings. The van der Waals surface area contributed by atoms with Crippen LogP contribution in [0.4, 0.5) is 0 Å². The summed E-state index contributed by atoms with van der Waals surface area (Å²) in [4.78, 5) is 13.3. The minimum absolute atomic E-state index is 0.756. The van der Waals surface area contributed by atoms with Crippen molar-refractivity contribution in [3.63, 3.8) is 0 Å².